The third-order valence-electron chi connectivity index (χ3n) is 2.93. The highest BCUT2D eigenvalue weighted by Gasteiger charge is 2.60. The predicted octanol–water partition coefficient (Wildman–Crippen LogP) is -0.674. The van der Waals surface area contributed by atoms with Gasteiger partial charge in [-0.15, -0.1) is 0 Å². The van der Waals surface area contributed by atoms with Crippen molar-refractivity contribution in [2.24, 2.45) is 0 Å². The number of hydrogen-bond donors (Lipinski definition) is 1. The van der Waals surface area contributed by atoms with Gasteiger partial charge in [0.2, 0.25) is 0 Å². The van der Waals surface area contributed by atoms with Crippen LogP contribution in [0.15, 0.2) is 0 Å². The molecule has 0 aromatic heterocycles. The minimum atomic E-state index is -0.607. The molecule has 4 nitrogen and oxygen atoms in total. The van der Waals surface area contributed by atoms with Crippen LogP contribution < -0.4 is 5.06 Å². The largest absolute Gasteiger partial charge is 0.624 e. The van der Waals surface area contributed by atoms with E-state index in [2.05, 4.69) is 0 Å². The number of hydroxylamine groups is 3. The third kappa shape index (κ3) is 0.862. The summed E-state index contributed by atoms with van der Waals surface area (Å²) in [7, 11) is 0. The van der Waals surface area contributed by atoms with Crippen molar-refractivity contribution in [2.45, 2.75) is 38.8 Å². The lowest BCUT2D eigenvalue weighted by atomic mass is 9.84. The van der Waals surface area contributed by atoms with E-state index in [1.54, 1.807) is 27.7 Å². The normalized spacial score (nSPS) is 33.5. The molecule has 0 spiro atoms. The van der Waals surface area contributed by atoms with Crippen LogP contribution in [0.25, 0.3) is 0 Å². The van der Waals surface area contributed by atoms with Gasteiger partial charge in [0.1, 0.15) is 0 Å². The number of rotatable bonds is 0. The molecule has 0 aliphatic carbocycles. The average Bonchev–Trinajstić information content (AvgIpc) is 1.95. The fourth-order valence-electron chi connectivity index (χ4n) is 1.01. The zero-order chi connectivity index (χ0) is 8.86. The molecule has 1 heterocycles. The Morgan fingerprint density at radius 1 is 1.36 bits per heavy atom. The van der Waals surface area contributed by atoms with Crippen LogP contribution in [0.3, 0.4) is 0 Å². The standard InChI is InChI=1S/C7H14N2O2/c1-6(2)7(3,4)9(11)5-8(6)10/h5,8H,1-4H3/q+1. The van der Waals surface area contributed by atoms with Crippen LogP contribution in [0.5, 0.6) is 0 Å². The number of hydrogen-bond acceptors (Lipinski definition) is 1. The maximum absolute atomic E-state index is 11.2. The summed E-state index contributed by atoms with van der Waals surface area (Å²) >= 11 is 0. The van der Waals surface area contributed by atoms with E-state index >= 15 is 0 Å². The summed E-state index contributed by atoms with van der Waals surface area (Å²) < 4.78 is 0.745. The van der Waals surface area contributed by atoms with Crippen molar-refractivity contribution in [3.63, 3.8) is 0 Å². The molecule has 4 heteroatoms. The number of nitrogens with zero attached hydrogens (tertiary/aromatic N) is 1. The highest BCUT2D eigenvalue weighted by atomic mass is 16.5. The molecule has 63 valence electrons. The Labute approximate surface area is 66.3 Å². The van der Waals surface area contributed by atoms with Gasteiger partial charge in [0, 0.05) is 19.1 Å². The maximum atomic E-state index is 11.2. The summed E-state index contributed by atoms with van der Waals surface area (Å²) in [6, 6.07) is 0. The summed E-state index contributed by atoms with van der Waals surface area (Å²) in [5.41, 5.74) is -1.17. The van der Waals surface area contributed by atoms with Crippen molar-refractivity contribution in [3.05, 3.63) is 5.21 Å². The van der Waals surface area contributed by atoms with Crippen molar-refractivity contribution in [2.75, 3.05) is 0 Å². The van der Waals surface area contributed by atoms with Crippen molar-refractivity contribution in [1.29, 1.82) is 0 Å². The summed E-state index contributed by atoms with van der Waals surface area (Å²) in [4.78, 5) is 0. The van der Waals surface area contributed by atoms with E-state index in [1.165, 1.54) is 0 Å². The monoisotopic (exact) mass is 158 g/mol. The first-order chi connectivity index (χ1) is 4.80. The van der Waals surface area contributed by atoms with Crippen LogP contribution in [-0.2, 0) is 5.21 Å². The van der Waals surface area contributed by atoms with Gasteiger partial charge in [0.25, 0.3) is 5.54 Å². The molecule has 1 atom stereocenters. The van der Waals surface area contributed by atoms with Crippen molar-refractivity contribution in [1.82, 2.24) is 0 Å². The quantitative estimate of drug-likeness (QED) is 0.369. The second-order valence-corrected chi connectivity index (χ2v) is 4.00. The maximum Gasteiger partial charge on any atom is 0.379 e. The smallest absolute Gasteiger partial charge is 0.379 e. The first kappa shape index (κ1) is 8.49. The molecule has 1 unspecified atom stereocenters. The molecule has 1 aliphatic rings. The minimum Gasteiger partial charge on any atom is -0.624 e. The fourth-order valence-corrected chi connectivity index (χ4v) is 1.01. The summed E-state index contributed by atoms with van der Waals surface area (Å²) in [5.74, 6) is 0. The van der Waals surface area contributed by atoms with E-state index in [0.29, 0.717) is 0 Å². The molecule has 0 amide bonds. The Hall–Kier alpha value is -0.610. The summed E-state index contributed by atoms with van der Waals surface area (Å²) in [6.45, 7) is 7.15. The lowest BCUT2D eigenvalue weighted by Gasteiger charge is -2.31. The highest BCUT2D eigenvalue weighted by Crippen LogP contribution is 2.23. The molecule has 1 N–H and O–H groups in total. The Morgan fingerprint density at radius 3 is 1.91 bits per heavy atom. The van der Waals surface area contributed by atoms with Gasteiger partial charge in [-0.05, 0) is 13.8 Å². The van der Waals surface area contributed by atoms with Gasteiger partial charge in [-0.1, -0.05) is 0 Å². The van der Waals surface area contributed by atoms with Gasteiger partial charge in [0.15, 0.2) is 5.54 Å². The molecule has 1 aliphatic heterocycles. The van der Waals surface area contributed by atoms with Gasteiger partial charge >= 0.3 is 6.34 Å². The predicted molar refractivity (Wildman–Crippen MR) is 39.5 cm³/mol. The lowest BCUT2D eigenvalue weighted by molar-refractivity contribution is -0.852. The van der Waals surface area contributed by atoms with E-state index in [1.807, 2.05) is 0 Å². The molecule has 0 aromatic carbocycles. The van der Waals surface area contributed by atoms with Crippen molar-refractivity contribution in [3.8, 4) is 0 Å². The number of nitrogens with one attached hydrogen (secondary N) is 1. The van der Waals surface area contributed by atoms with E-state index in [4.69, 9.17) is 0 Å². The Morgan fingerprint density at radius 2 is 1.82 bits per heavy atom. The Bertz CT molecular complexity index is 208. The molecular formula is C7H14N2O2+. The SMILES string of the molecule is CC1(C)[N+]([O])=C[NH+]([O-])C1(C)C. The highest BCUT2D eigenvalue weighted by molar-refractivity contribution is 5.39. The molecule has 0 saturated carbocycles. The topological polar surface area (TPSA) is 50.4 Å². The van der Waals surface area contributed by atoms with Gasteiger partial charge in [-0.2, -0.15) is 0 Å². The molecule has 11 heavy (non-hydrogen) atoms. The lowest BCUT2D eigenvalue weighted by Crippen LogP contribution is -3.14. The van der Waals surface area contributed by atoms with E-state index < -0.39 is 11.1 Å². The van der Waals surface area contributed by atoms with Crippen LogP contribution in [0.1, 0.15) is 27.7 Å². The van der Waals surface area contributed by atoms with Crippen molar-refractivity contribution < 1.29 is 15.0 Å². The van der Waals surface area contributed by atoms with E-state index in [0.717, 1.165) is 11.1 Å². The van der Waals surface area contributed by atoms with Crippen molar-refractivity contribution >= 4 is 6.34 Å². The average molecular weight is 158 g/mol. The molecule has 0 fully saturated rings. The van der Waals surface area contributed by atoms with Gasteiger partial charge in [-0.25, -0.2) is 0 Å². The second-order valence-electron chi connectivity index (χ2n) is 4.00. The van der Waals surface area contributed by atoms with Crippen LogP contribution in [0, 0.1) is 5.21 Å². The van der Waals surface area contributed by atoms with Crippen LogP contribution in [0.2, 0.25) is 0 Å². The van der Waals surface area contributed by atoms with Gasteiger partial charge in [0.05, 0.1) is 4.74 Å². The van der Waals surface area contributed by atoms with Gasteiger partial charge < -0.3 is 5.21 Å². The molecule has 0 aromatic rings. The first-order valence-electron chi connectivity index (χ1n) is 3.66. The minimum absolute atomic E-state index is 0.0856. The molecule has 1 radical (unpaired) electrons. The van der Waals surface area contributed by atoms with Crippen LogP contribution in [0.4, 0.5) is 0 Å². The summed E-state index contributed by atoms with van der Waals surface area (Å²) in [6.07, 6.45) is 1.14. The Balaban J connectivity index is 3.07. The zero-order valence-corrected chi connectivity index (χ0v) is 7.34. The van der Waals surface area contributed by atoms with E-state index in [9.17, 15) is 10.4 Å². The third-order valence-corrected chi connectivity index (χ3v) is 2.93. The molecule has 0 saturated heterocycles. The zero-order valence-electron chi connectivity index (χ0n) is 7.34. The van der Waals surface area contributed by atoms with Crippen LogP contribution in [-0.4, -0.2) is 22.2 Å². The van der Waals surface area contributed by atoms with Gasteiger partial charge in [-0.3, -0.25) is 5.06 Å². The summed E-state index contributed by atoms with van der Waals surface area (Å²) in [5, 5.41) is 22.3. The van der Waals surface area contributed by atoms with Crippen LogP contribution >= 0.6 is 0 Å². The Kier molecular flexibility index (Phi) is 1.51. The molecule has 0 bridgehead atoms. The fraction of sp³-hybridized carbons (Fsp3) is 0.857. The second kappa shape index (κ2) is 1.95. The molecule has 1 rings (SSSR count). The number of quaternary nitrogens is 1. The van der Waals surface area contributed by atoms with E-state index in [-0.39, 0.29) is 5.06 Å². The first-order valence-corrected chi connectivity index (χ1v) is 3.66. The molecular weight excluding hydrogens is 144 g/mol.